The summed E-state index contributed by atoms with van der Waals surface area (Å²) >= 11 is 0. The molecule has 2 N–H and O–H groups in total. The summed E-state index contributed by atoms with van der Waals surface area (Å²) < 4.78 is 5.35. The highest BCUT2D eigenvalue weighted by Crippen LogP contribution is 2.30. The van der Waals surface area contributed by atoms with Gasteiger partial charge in [0.2, 0.25) is 0 Å². The minimum absolute atomic E-state index is 0.0676. The second-order valence-corrected chi connectivity index (χ2v) is 4.65. The predicted molar refractivity (Wildman–Crippen MR) is 67.3 cm³/mol. The lowest BCUT2D eigenvalue weighted by atomic mass is 9.89. The van der Waals surface area contributed by atoms with Gasteiger partial charge in [0.15, 0.2) is 5.78 Å². The molecule has 17 heavy (non-hydrogen) atoms. The topological polar surface area (TPSA) is 52.3 Å². The number of ether oxygens (including phenoxy) is 1. The Morgan fingerprint density at radius 1 is 1.29 bits per heavy atom. The first-order valence-electron chi connectivity index (χ1n) is 6.22. The number of hydrogen-bond acceptors (Lipinski definition) is 3. The molecule has 1 aromatic carbocycles. The lowest BCUT2D eigenvalue weighted by Gasteiger charge is -2.21. The van der Waals surface area contributed by atoms with E-state index in [9.17, 15) is 4.79 Å². The van der Waals surface area contributed by atoms with E-state index in [1.807, 2.05) is 19.1 Å². The van der Waals surface area contributed by atoms with Crippen molar-refractivity contribution in [2.45, 2.75) is 38.1 Å². The van der Waals surface area contributed by atoms with E-state index in [0.29, 0.717) is 12.2 Å². The zero-order valence-electron chi connectivity index (χ0n) is 10.2. The summed E-state index contributed by atoms with van der Waals surface area (Å²) in [6.45, 7) is 2.57. The van der Waals surface area contributed by atoms with Crippen LogP contribution in [0.5, 0.6) is 5.75 Å². The summed E-state index contributed by atoms with van der Waals surface area (Å²) in [4.78, 5) is 12.3. The quantitative estimate of drug-likeness (QED) is 0.813. The summed E-state index contributed by atoms with van der Waals surface area (Å²) in [5.41, 5.74) is 6.21. The molecule has 0 bridgehead atoms. The van der Waals surface area contributed by atoms with Crippen LogP contribution in [0, 0.1) is 0 Å². The smallest absolute Gasteiger partial charge is 0.182 e. The molecule has 0 radical (unpaired) electrons. The van der Waals surface area contributed by atoms with E-state index in [1.54, 1.807) is 12.1 Å². The standard InChI is InChI=1S/C14H19NO2/c1-2-17-12-7-5-11(6-8-12)13(16)14(15)9-3-4-10-14/h5-8H,2-4,9-10,15H2,1H3. The third-order valence-corrected chi connectivity index (χ3v) is 3.38. The van der Waals surface area contributed by atoms with Crippen LogP contribution in [-0.2, 0) is 0 Å². The maximum atomic E-state index is 12.3. The molecule has 3 heteroatoms. The Morgan fingerprint density at radius 3 is 2.41 bits per heavy atom. The van der Waals surface area contributed by atoms with E-state index in [0.717, 1.165) is 31.4 Å². The van der Waals surface area contributed by atoms with Gasteiger partial charge in [-0.1, -0.05) is 12.8 Å². The largest absolute Gasteiger partial charge is 0.494 e. The van der Waals surface area contributed by atoms with Crippen LogP contribution in [0.25, 0.3) is 0 Å². The van der Waals surface area contributed by atoms with Gasteiger partial charge in [0.05, 0.1) is 12.1 Å². The Hall–Kier alpha value is -1.35. The Balaban J connectivity index is 2.14. The van der Waals surface area contributed by atoms with Gasteiger partial charge in [0, 0.05) is 5.56 Å². The fourth-order valence-corrected chi connectivity index (χ4v) is 2.39. The minimum atomic E-state index is -0.632. The molecule has 1 fully saturated rings. The predicted octanol–water partition coefficient (Wildman–Crippen LogP) is 2.54. The molecule has 0 aromatic heterocycles. The highest BCUT2D eigenvalue weighted by atomic mass is 16.5. The molecule has 0 atom stereocenters. The summed E-state index contributed by atoms with van der Waals surface area (Å²) in [6, 6.07) is 7.27. The Morgan fingerprint density at radius 2 is 1.88 bits per heavy atom. The number of rotatable bonds is 4. The van der Waals surface area contributed by atoms with Gasteiger partial charge in [-0.25, -0.2) is 0 Å². The van der Waals surface area contributed by atoms with Crippen molar-refractivity contribution < 1.29 is 9.53 Å². The molecule has 0 saturated heterocycles. The molecular weight excluding hydrogens is 214 g/mol. The van der Waals surface area contributed by atoms with Crippen LogP contribution in [0.1, 0.15) is 43.0 Å². The average molecular weight is 233 g/mol. The Bertz CT molecular complexity index is 391. The highest BCUT2D eigenvalue weighted by Gasteiger charge is 2.37. The van der Waals surface area contributed by atoms with Crippen LogP contribution in [-0.4, -0.2) is 17.9 Å². The van der Waals surface area contributed by atoms with Gasteiger partial charge >= 0.3 is 0 Å². The molecule has 1 aromatic rings. The van der Waals surface area contributed by atoms with Crippen LogP contribution in [0.3, 0.4) is 0 Å². The number of ketones is 1. The summed E-state index contributed by atoms with van der Waals surface area (Å²) in [5.74, 6) is 0.861. The van der Waals surface area contributed by atoms with Gasteiger partial charge in [0.25, 0.3) is 0 Å². The maximum absolute atomic E-state index is 12.3. The molecule has 0 aliphatic heterocycles. The molecule has 0 heterocycles. The number of Topliss-reactive ketones (excluding diaryl/α,β-unsaturated/α-hetero) is 1. The van der Waals surface area contributed by atoms with Crippen molar-refractivity contribution in [2.24, 2.45) is 5.73 Å². The number of benzene rings is 1. The zero-order chi connectivity index (χ0) is 12.3. The van der Waals surface area contributed by atoms with Crippen LogP contribution < -0.4 is 10.5 Å². The first-order chi connectivity index (χ1) is 8.15. The van der Waals surface area contributed by atoms with Crippen LogP contribution in [0.4, 0.5) is 0 Å². The monoisotopic (exact) mass is 233 g/mol. The summed E-state index contributed by atoms with van der Waals surface area (Å²) in [7, 11) is 0. The van der Waals surface area contributed by atoms with Crippen molar-refractivity contribution in [1.82, 2.24) is 0 Å². The van der Waals surface area contributed by atoms with E-state index in [1.165, 1.54) is 0 Å². The SMILES string of the molecule is CCOc1ccc(C(=O)C2(N)CCCC2)cc1. The lowest BCUT2D eigenvalue weighted by Crippen LogP contribution is -2.45. The third-order valence-electron chi connectivity index (χ3n) is 3.38. The Kier molecular flexibility index (Phi) is 3.48. The molecule has 1 aliphatic carbocycles. The second-order valence-electron chi connectivity index (χ2n) is 4.65. The maximum Gasteiger partial charge on any atom is 0.182 e. The molecule has 3 nitrogen and oxygen atoms in total. The normalized spacial score (nSPS) is 18.0. The van der Waals surface area contributed by atoms with Crippen molar-refractivity contribution in [2.75, 3.05) is 6.61 Å². The summed E-state index contributed by atoms with van der Waals surface area (Å²) in [5, 5.41) is 0. The number of carbonyl (C=O) groups is 1. The number of carbonyl (C=O) groups excluding carboxylic acids is 1. The first-order valence-corrected chi connectivity index (χ1v) is 6.22. The van der Waals surface area contributed by atoms with Crippen LogP contribution in [0.2, 0.25) is 0 Å². The highest BCUT2D eigenvalue weighted by molar-refractivity contribution is 6.03. The van der Waals surface area contributed by atoms with Gasteiger partial charge < -0.3 is 10.5 Å². The number of nitrogens with two attached hydrogens (primary N) is 1. The first kappa shape index (κ1) is 12.1. The third kappa shape index (κ3) is 2.50. The molecule has 92 valence electrons. The van der Waals surface area contributed by atoms with Crippen LogP contribution >= 0.6 is 0 Å². The van der Waals surface area contributed by atoms with E-state index in [4.69, 9.17) is 10.5 Å². The van der Waals surface area contributed by atoms with E-state index in [-0.39, 0.29) is 5.78 Å². The zero-order valence-corrected chi connectivity index (χ0v) is 10.2. The van der Waals surface area contributed by atoms with E-state index in [2.05, 4.69) is 0 Å². The average Bonchev–Trinajstić information content (AvgIpc) is 2.78. The molecular formula is C14H19NO2. The van der Waals surface area contributed by atoms with Gasteiger partial charge in [-0.3, -0.25) is 4.79 Å². The fourth-order valence-electron chi connectivity index (χ4n) is 2.39. The van der Waals surface area contributed by atoms with Gasteiger partial charge in [-0.05, 0) is 44.0 Å². The molecule has 2 rings (SSSR count). The lowest BCUT2D eigenvalue weighted by molar-refractivity contribution is 0.0892. The molecule has 1 saturated carbocycles. The van der Waals surface area contributed by atoms with E-state index >= 15 is 0 Å². The van der Waals surface area contributed by atoms with Crippen molar-refractivity contribution in [3.05, 3.63) is 29.8 Å². The minimum Gasteiger partial charge on any atom is -0.494 e. The van der Waals surface area contributed by atoms with E-state index < -0.39 is 5.54 Å². The molecule has 0 amide bonds. The van der Waals surface area contributed by atoms with Crippen molar-refractivity contribution in [1.29, 1.82) is 0 Å². The Labute approximate surface area is 102 Å². The fraction of sp³-hybridized carbons (Fsp3) is 0.500. The van der Waals surface area contributed by atoms with Crippen LogP contribution in [0.15, 0.2) is 24.3 Å². The molecule has 0 unspecified atom stereocenters. The van der Waals surface area contributed by atoms with Crippen molar-refractivity contribution >= 4 is 5.78 Å². The molecule has 1 aliphatic rings. The van der Waals surface area contributed by atoms with Gasteiger partial charge in [-0.15, -0.1) is 0 Å². The second kappa shape index (κ2) is 4.88. The number of hydrogen-bond donors (Lipinski definition) is 1. The van der Waals surface area contributed by atoms with Crippen molar-refractivity contribution in [3.8, 4) is 5.75 Å². The van der Waals surface area contributed by atoms with Gasteiger partial charge in [0.1, 0.15) is 5.75 Å². The van der Waals surface area contributed by atoms with Gasteiger partial charge in [-0.2, -0.15) is 0 Å². The molecule has 0 spiro atoms. The summed E-state index contributed by atoms with van der Waals surface area (Å²) in [6.07, 6.45) is 3.72. The van der Waals surface area contributed by atoms with Crippen molar-refractivity contribution in [3.63, 3.8) is 0 Å².